The van der Waals surface area contributed by atoms with Gasteiger partial charge in [-0.15, -0.1) is 10.2 Å². The first kappa shape index (κ1) is 42.3. The monoisotopic (exact) mass is 884 g/mol. The summed E-state index contributed by atoms with van der Waals surface area (Å²) in [5.74, 6) is -2.40. The van der Waals surface area contributed by atoms with Crippen molar-refractivity contribution in [2.45, 2.75) is 19.6 Å². The van der Waals surface area contributed by atoms with Crippen LogP contribution in [-0.2, 0) is 39.9 Å². The SMILES string of the molecule is C=CC(=O)OCCNc1nc(Nc2ccc(SO)cc2)nc(Nc2cc(S(=O)(=O)O)cc3cc(S(=O)(=O)O)c(/N=N/c4ccc5ccccc5c4S(=O)(=O)O)c(O)c23)n1. The molecule has 0 amide bonds. The highest BCUT2D eigenvalue weighted by Crippen LogP contribution is 2.46. The van der Waals surface area contributed by atoms with Crippen LogP contribution in [0.3, 0.4) is 0 Å². The van der Waals surface area contributed by atoms with Gasteiger partial charge in [0.1, 0.15) is 27.8 Å². The molecular formula is C34H28N8O13S4. The van der Waals surface area contributed by atoms with Crippen molar-refractivity contribution in [1.82, 2.24) is 15.0 Å². The summed E-state index contributed by atoms with van der Waals surface area (Å²) in [5.41, 5.74) is -1.43. The van der Waals surface area contributed by atoms with Crippen LogP contribution < -0.4 is 16.0 Å². The average molecular weight is 885 g/mol. The first-order chi connectivity index (χ1) is 27.8. The molecule has 0 spiro atoms. The molecule has 25 heteroatoms. The first-order valence-electron chi connectivity index (χ1n) is 16.3. The van der Waals surface area contributed by atoms with Gasteiger partial charge < -0.3 is 30.3 Å². The van der Waals surface area contributed by atoms with Gasteiger partial charge in [0, 0.05) is 39.5 Å². The van der Waals surface area contributed by atoms with Crippen molar-refractivity contribution in [1.29, 1.82) is 0 Å². The number of rotatable bonds is 15. The fourth-order valence-electron chi connectivity index (χ4n) is 5.47. The molecule has 0 aliphatic carbocycles. The highest BCUT2D eigenvalue weighted by molar-refractivity contribution is 7.93. The Kier molecular flexibility index (Phi) is 12.1. The van der Waals surface area contributed by atoms with Crippen LogP contribution in [0.4, 0.5) is 40.6 Å². The number of carbonyl (C=O) groups is 1. The number of aromatic nitrogens is 3. The molecule has 306 valence electrons. The molecule has 0 saturated heterocycles. The van der Waals surface area contributed by atoms with E-state index < -0.39 is 84.6 Å². The van der Waals surface area contributed by atoms with Gasteiger partial charge in [0.05, 0.1) is 17.1 Å². The Bertz CT molecular complexity index is 3020. The number of hydrogen-bond acceptors (Lipinski definition) is 19. The number of benzene rings is 5. The van der Waals surface area contributed by atoms with Gasteiger partial charge >= 0.3 is 5.97 Å². The maximum atomic E-state index is 12.7. The van der Waals surface area contributed by atoms with Crippen molar-refractivity contribution < 1.29 is 58.1 Å². The van der Waals surface area contributed by atoms with Gasteiger partial charge in [-0.05, 0) is 59.3 Å². The highest BCUT2D eigenvalue weighted by atomic mass is 32.2. The Morgan fingerprint density at radius 2 is 1.47 bits per heavy atom. The minimum atomic E-state index is -5.32. The number of phenolic OH excluding ortho intramolecular Hbond substituents is 1. The number of aromatic hydroxyl groups is 1. The minimum absolute atomic E-state index is 0.0208. The Labute approximate surface area is 338 Å². The number of anilines is 5. The van der Waals surface area contributed by atoms with Crippen molar-refractivity contribution in [2.24, 2.45) is 10.2 Å². The van der Waals surface area contributed by atoms with Crippen LogP contribution in [0.2, 0.25) is 0 Å². The van der Waals surface area contributed by atoms with Crippen molar-refractivity contribution in [3.8, 4) is 5.75 Å². The quantitative estimate of drug-likeness (QED) is 0.0141. The van der Waals surface area contributed by atoms with E-state index in [4.69, 9.17) is 4.74 Å². The Hall–Kier alpha value is -6.32. The van der Waals surface area contributed by atoms with E-state index >= 15 is 0 Å². The fourth-order valence-corrected chi connectivity index (χ4v) is 7.77. The van der Waals surface area contributed by atoms with E-state index in [9.17, 15) is 53.4 Å². The molecule has 6 rings (SSSR count). The summed E-state index contributed by atoms with van der Waals surface area (Å²) < 4.78 is 120. The number of ether oxygens (including phenoxy) is 1. The molecule has 0 aliphatic heterocycles. The lowest BCUT2D eigenvalue weighted by Gasteiger charge is -2.16. The molecule has 59 heavy (non-hydrogen) atoms. The Morgan fingerprint density at radius 3 is 2.12 bits per heavy atom. The van der Waals surface area contributed by atoms with E-state index in [0.29, 0.717) is 34.1 Å². The Morgan fingerprint density at radius 1 is 0.797 bits per heavy atom. The predicted octanol–water partition coefficient (Wildman–Crippen LogP) is 6.23. The number of azo groups is 1. The van der Waals surface area contributed by atoms with Gasteiger partial charge in [-0.2, -0.15) is 40.2 Å². The molecule has 0 atom stereocenters. The van der Waals surface area contributed by atoms with Crippen molar-refractivity contribution in [3.63, 3.8) is 0 Å². The van der Waals surface area contributed by atoms with E-state index in [0.717, 1.165) is 24.3 Å². The highest BCUT2D eigenvalue weighted by Gasteiger charge is 2.27. The molecule has 6 aromatic rings. The van der Waals surface area contributed by atoms with E-state index in [1.54, 1.807) is 36.4 Å². The third-order valence-corrected chi connectivity index (χ3v) is 11.1. The maximum absolute atomic E-state index is 12.7. The third kappa shape index (κ3) is 9.87. The number of nitrogens with one attached hydrogen (secondary N) is 3. The topological polar surface area (TPSA) is 329 Å². The van der Waals surface area contributed by atoms with Crippen molar-refractivity contribution >= 4 is 111 Å². The average Bonchev–Trinajstić information content (AvgIpc) is 3.17. The second-order valence-corrected chi connectivity index (χ2v) is 16.7. The number of fused-ring (bicyclic) bond motifs is 2. The standard InChI is InChI=1S/C34H28N8O13S4/c1-2-27(43)55-14-13-35-32-38-33(36-20-8-10-21(56-45)11-9-20)40-34(39-32)37-25-17-22(57(46,47)48)15-19-16-26(58(49,50)51)29(30(44)28(19)25)42-41-24-12-7-18-5-3-4-6-23(18)31(24)59(52,53)54/h2-12,15-17,44-45H,1,13-14H2,(H,46,47,48)(H,49,50,51)(H,52,53,54)(H3,35,36,37,38,39,40)/b42-41+. The van der Waals surface area contributed by atoms with E-state index in [-0.39, 0.29) is 36.4 Å². The minimum Gasteiger partial charge on any atom is -0.505 e. The van der Waals surface area contributed by atoms with Gasteiger partial charge in [0.15, 0.2) is 5.75 Å². The van der Waals surface area contributed by atoms with Gasteiger partial charge in [-0.1, -0.05) is 36.9 Å². The lowest BCUT2D eigenvalue weighted by molar-refractivity contribution is -0.137. The molecule has 5 aromatic carbocycles. The summed E-state index contributed by atoms with van der Waals surface area (Å²) in [6.45, 7) is 3.12. The Balaban J connectivity index is 1.52. The zero-order valence-corrected chi connectivity index (χ0v) is 32.8. The van der Waals surface area contributed by atoms with Crippen molar-refractivity contribution in [2.75, 3.05) is 29.1 Å². The number of carbonyl (C=O) groups excluding carboxylic acids is 1. The molecule has 1 heterocycles. The summed E-state index contributed by atoms with van der Waals surface area (Å²) in [6, 6.07) is 17.2. The molecule has 0 aliphatic rings. The molecule has 8 N–H and O–H groups in total. The van der Waals surface area contributed by atoms with Crippen LogP contribution in [0.5, 0.6) is 5.75 Å². The lowest BCUT2D eigenvalue weighted by Crippen LogP contribution is -2.15. The number of hydrogen-bond donors (Lipinski definition) is 8. The second kappa shape index (κ2) is 16.9. The molecule has 0 fully saturated rings. The second-order valence-electron chi connectivity index (χ2n) is 11.9. The van der Waals surface area contributed by atoms with Gasteiger partial charge in [-0.25, -0.2) is 4.79 Å². The lowest BCUT2D eigenvalue weighted by atomic mass is 10.1. The molecular weight excluding hydrogens is 857 g/mol. The summed E-state index contributed by atoms with van der Waals surface area (Å²) in [4.78, 5) is 22.2. The molecule has 0 saturated carbocycles. The van der Waals surface area contributed by atoms with Gasteiger partial charge in [0.25, 0.3) is 30.4 Å². The largest absolute Gasteiger partial charge is 0.505 e. The molecule has 21 nitrogen and oxygen atoms in total. The van der Waals surface area contributed by atoms with Crippen LogP contribution in [0.15, 0.2) is 121 Å². The molecule has 0 radical (unpaired) electrons. The zero-order valence-electron chi connectivity index (χ0n) is 29.6. The maximum Gasteiger partial charge on any atom is 0.330 e. The molecule has 0 unspecified atom stereocenters. The summed E-state index contributed by atoms with van der Waals surface area (Å²) in [6.07, 6.45) is 0.958. The van der Waals surface area contributed by atoms with Gasteiger partial charge in [-0.3, -0.25) is 13.7 Å². The van der Waals surface area contributed by atoms with Gasteiger partial charge in [0.2, 0.25) is 17.8 Å². The van der Waals surface area contributed by atoms with E-state index in [2.05, 4.69) is 47.7 Å². The first-order valence-corrected chi connectivity index (χ1v) is 21.4. The predicted molar refractivity (Wildman–Crippen MR) is 214 cm³/mol. The normalized spacial score (nSPS) is 12.1. The van der Waals surface area contributed by atoms with Crippen LogP contribution in [0, 0.1) is 0 Å². The number of phenols is 1. The molecule has 1 aromatic heterocycles. The van der Waals surface area contributed by atoms with Crippen LogP contribution >= 0.6 is 12.0 Å². The number of nitrogens with zero attached hydrogens (tertiary/aromatic N) is 5. The summed E-state index contributed by atoms with van der Waals surface area (Å²) >= 11 is 0.510. The van der Waals surface area contributed by atoms with Crippen LogP contribution in [0.1, 0.15) is 0 Å². The summed E-state index contributed by atoms with van der Waals surface area (Å²) in [5, 5.41) is 27.3. The van der Waals surface area contributed by atoms with Crippen molar-refractivity contribution in [3.05, 3.63) is 91.5 Å². The van der Waals surface area contributed by atoms with E-state index in [1.807, 2.05) is 0 Å². The van der Waals surface area contributed by atoms with E-state index in [1.165, 1.54) is 18.2 Å². The van der Waals surface area contributed by atoms with Crippen LogP contribution in [-0.4, -0.2) is 82.6 Å². The zero-order chi connectivity index (χ0) is 42.7. The van der Waals surface area contributed by atoms with Crippen LogP contribution in [0.25, 0.3) is 21.5 Å². The fraction of sp³-hybridized carbons (Fsp3) is 0.0588. The summed E-state index contributed by atoms with van der Waals surface area (Å²) in [7, 11) is -15.4. The number of esters is 1. The third-order valence-electron chi connectivity index (χ3n) is 7.97. The smallest absolute Gasteiger partial charge is 0.330 e. The molecule has 0 bridgehead atoms.